The van der Waals surface area contributed by atoms with E-state index in [4.69, 9.17) is 18.9 Å². The molecule has 2 heterocycles. The van der Waals surface area contributed by atoms with Crippen LogP contribution in [0.15, 0.2) is 53.2 Å². The van der Waals surface area contributed by atoms with Crippen LogP contribution in [0.3, 0.4) is 0 Å². The van der Waals surface area contributed by atoms with Crippen LogP contribution in [0.4, 0.5) is 0 Å². The van der Waals surface area contributed by atoms with E-state index in [0.29, 0.717) is 32.5 Å². The van der Waals surface area contributed by atoms with E-state index in [1.165, 1.54) is 89.9 Å². The maximum atomic E-state index is 13.5. The average molecular weight is 1160 g/mol. The van der Waals surface area contributed by atoms with Gasteiger partial charge in [0.15, 0.2) is 12.8 Å². The van der Waals surface area contributed by atoms with Gasteiger partial charge in [0.05, 0.1) is 16.0 Å². The Morgan fingerprint density at radius 2 is 1.11 bits per heavy atom. The lowest BCUT2D eigenvalue weighted by atomic mass is 9.79. The summed E-state index contributed by atoms with van der Waals surface area (Å²) in [6.45, 7) is 11.9. The number of likely N-dealkylation sites (N-methyl/N-ethyl adjacent to an activating group) is 1. The summed E-state index contributed by atoms with van der Waals surface area (Å²) in [4.78, 5) is 70.1. The third-order valence-corrected chi connectivity index (χ3v) is 16.7. The zero-order valence-corrected chi connectivity index (χ0v) is 51.6. The summed E-state index contributed by atoms with van der Waals surface area (Å²) in [5.41, 5.74) is 4.30. The number of allylic oxidation sites excluding steroid dienone is 4. The molecule has 0 fully saturated rings. The largest absolute Gasteiger partial charge is 0.462 e. The smallest absolute Gasteiger partial charge is 0.307 e. The molecule has 2 aromatic rings. The van der Waals surface area contributed by atoms with Gasteiger partial charge >= 0.3 is 23.9 Å². The number of carbonyl (C=O) groups is 5. The Kier molecular flexibility index (Phi) is 34.1. The SMILES string of the molecule is CCCCCCCC/C=C\CCCCCCCC(=O)OCC(COC(=O)CCCCCCC/C=C\CCCCCCCC)OC(=O)CC(C)CC(=O)OCn1c(Br)c2c3c(cccc31)C1=C[C@@H](C(=O)N(CC)CC)CN(C)C1C2. The van der Waals surface area contributed by atoms with E-state index in [9.17, 15) is 24.0 Å². The number of hydrogen-bond donors (Lipinski definition) is 0. The molecule has 1 amide bonds. The fraction of sp³-hybridized carbons (Fsp3) is 0.712. The maximum Gasteiger partial charge on any atom is 0.307 e. The number of unbranched alkanes of at least 4 members (excludes halogenated alkanes) is 22. The summed E-state index contributed by atoms with van der Waals surface area (Å²) in [7, 11) is 2.08. The highest BCUT2D eigenvalue weighted by Gasteiger charge is 2.38. The maximum absolute atomic E-state index is 13.5. The van der Waals surface area contributed by atoms with Gasteiger partial charge in [-0.15, -0.1) is 0 Å². The molecule has 1 aromatic carbocycles. The molecule has 0 radical (unpaired) electrons. The van der Waals surface area contributed by atoms with Crippen molar-refractivity contribution in [2.45, 2.75) is 253 Å². The molecular formula is C66H104BrN3O9. The molecular weight excluding hydrogens is 1060 g/mol. The van der Waals surface area contributed by atoms with E-state index in [-0.39, 0.29) is 75.4 Å². The summed E-state index contributed by atoms with van der Waals surface area (Å²) in [5, 5.41) is 1.09. The van der Waals surface area contributed by atoms with Gasteiger partial charge in [0.1, 0.15) is 13.2 Å². The standard InChI is InChI=1S/C66H104BrN3O9/c1-7-11-13-15-17-19-21-23-25-27-29-31-33-35-37-42-60(71)76-49-54(50-77-61(72)43-38-36-34-32-30-28-26-24-22-20-18-16-14-12-8-2)79-63(74)45-52(5)44-62(73)78-51-70-58-41-39-40-55-56-46-53(66(75)69(9-3)10-4)48-68(6)59(56)47-57(64(55)58)65(70)67/h23-26,39-41,46,52-54,59H,7-22,27-38,42-45,47-51H2,1-6H3/b25-23-,26-24-/t52?,53-,59?/m1/s1. The second-order valence-corrected chi connectivity index (χ2v) is 23.4. The van der Waals surface area contributed by atoms with Gasteiger partial charge in [-0.2, -0.15) is 0 Å². The van der Waals surface area contributed by atoms with Crippen molar-refractivity contribution < 1.29 is 42.9 Å². The van der Waals surface area contributed by atoms with Gasteiger partial charge in [-0.05, 0) is 136 Å². The lowest BCUT2D eigenvalue weighted by Gasteiger charge is -2.40. The first-order valence-corrected chi connectivity index (χ1v) is 32.2. The van der Waals surface area contributed by atoms with Crippen molar-refractivity contribution in [2.75, 3.05) is 39.9 Å². The Balaban J connectivity index is 1.22. The average Bonchev–Trinajstić information content (AvgIpc) is 4.01. The Hall–Kier alpha value is -4.23. The minimum atomic E-state index is -0.975. The highest BCUT2D eigenvalue weighted by molar-refractivity contribution is 9.10. The first kappa shape index (κ1) is 67.3. The fourth-order valence-electron chi connectivity index (χ4n) is 11.1. The van der Waals surface area contributed by atoms with Crippen LogP contribution in [-0.4, -0.2) is 96.2 Å². The second kappa shape index (κ2) is 40.0. The van der Waals surface area contributed by atoms with Crippen molar-refractivity contribution in [3.8, 4) is 0 Å². The van der Waals surface area contributed by atoms with Crippen molar-refractivity contribution in [1.82, 2.24) is 14.4 Å². The van der Waals surface area contributed by atoms with Crippen LogP contribution in [0.5, 0.6) is 0 Å². The third-order valence-electron chi connectivity index (χ3n) is 15.8. The monoisotopic (exact) mass is 1160 g/mol. The third kappa shape index (κ3) is 25.2. The molecule has 0 spiro atoms. The van der Waals surface area contributed by atoms with E-state index in [0.717, 1.165) is 103 Å². The van der Waals surface area contributed by atoms with E-state index in [1.807, 2.05) is 35.4 Å². The van der Waals surface area contributed by atoms with Crippen LogP contribution in [0.1, 0.15) is 238 Å². The van der Waals surface area contributed by atoms with Gasteiger partial charge in [0.25, 0.3) is 0 Å². The molecule has 0 saturated carbocycles. The number of ether oxygens (including phenoxy) is 4. The number of benzene rings is 1. The molecule has 2 aliphatic rings. The number of carbonyl (C=O) groups excluding carboxylic acids is 5. The van der Waals surface area contributed by atoms with E-state index in [2.05, 4.69) is 78.2 Å². The molecule has 0 N–H and O–H groups in total. The Morgan fingerprint density at radius 3 is 1.62 bits per heavy atom. The van der Waals surface area contributed by atoms with Crippen molar-refractivity contribution in [3.63, 3.8) is 0 Å². The van der Waals surface area contributed by atoms with Gasteiger partial charge in [-0.1, -0.05) is 166 Å². The van der Waals surface area contributed by atoms with Crippen LogP contribution in [-0.2, 0) is 56.1 Å². The van der Waals surface area contributed by atoms with E-state index in [1.54, 1.807) is 6.92 Å². The predicted molar refractivity (Wildman–Crippen MR) is 324 cm³/mol. The fourth-order valence-corrected chi connectivity index (χ4v) is 11.7. The molecule has 444 valence electrons. The first-order chi connectivity index (χ1) is 38.4. The molecule has 0 saturated heterocycles. The summed E-state index contributed by atoms with van der Waals surface area (Å²) in [6.07, 6.45) is 42.0. The minimum Gasteiger partial charge on any atom is -0.462 e. The van der Waals surface area contributed by atoms with E-state index >= 15 is 0 Å². The second-order valence-electron chi connectivity index (χ2n) is 22.6. The molecule has 2 unspecified atom stereocenters. The summed E-state index contributed by atoms with van der Waals surface area (Å²) in [6, 6.07) is 6.25. The molecule has 1 aliphatic carbocycles. The topological polar surface area (TPSA) is 134 Å². The normalized spacial score (nSPS) is 15.7. The van der Waals surface area contributed by atoms with Crippen LogP contribution in [0, 0.1) is 11.8 Å². The van der Waals surface area contributed by atoms with Crippen LogP contribution in [0.2, 0.25) is 0 Å². The zero-order chi connectivity index (χ0) is 57.0. The van der Waals surface area contributed by atoms with Crippen molar-refractivity contribution in [2.24, 2.45) is 11.8 Å². The Labute approximate surface area is 485 Å². The lowest BCUT2D eigenvalue weighted by molar-refractivity contribution is -0.167. The van der Waals surface area contributed by atoms with Gasteiger partial charge < -0.3 is 28.4 Å². The first-order valence-electron chi connectivity index (χ1n) is 31.4. The molecule has 0 bridgehead atoms. The van der Waals surface area contributed by atoms with Crippen LogP contribution in [0.25, 0.3) is 16.5 Å². The van der Waals surface area contributed by atoms with Gasteiger partial charge in [0.2, 0.25) is 5.91 Å². The molecule has 4 rings (SSSR count). The number of nitrogens with zero attached hydrogens (tertiary/aromatic N) is 3. The number of fused-ring (bicyclic) bond motifs is 2. The van der Waals surface area contributed by atoms with Crippen LogP contribution >= 0.6 is 15.9 Å². The number of esters is 4. The van der Waals surface area contributed by atoms with Gasteiger partial charge in [-0.3, -0.25) is 28.9 Å². The van der Waals surface area contributed by atoms with Gasteiger partial charge in [-0.25, -0.2) is 0 Å². The molecule has 3 atom stereocenters. The minimum absolute atomic E-state index is 0.0215. The molecule has 1 aromatic heterocycles. The quantitative estimate of drug-likeness (QED) is 0.0273. The molecule has 1 aliphatic heterocycles. The van der Waals surface area contributed by atoms with Crippen molar-refractivity contribution in [1.29, 1.82) is 0 Å². The number of hydrogen-bond acceptors (Lipinski definition) is 10. The highest BCUT2D eigenvalue weighted by Crippen LogP contribution is 2.45. The molecule has 13 heteroatoms. The summed E-state index contributed by atoms with van der Waals surface area (Å²) >= 11 is 3.85. The number of aromatic nitrogens is 1. The van der Waals surface area contributed by atoms with E-state index < -0.39 is 24.0 Å². The van der Waals surface area contributed by atoms with Crippen molar-refractivity contribution in [3.05, 3.63) is 64.3 Å². The molecule has 79 heavy (non-hydrogen) atoms. The number of rotatable bonds is 44. The highest BCUT2D eigenvalue weighted by atomic mass is 79.9. The Morgan fingerprint density at radius 1 is 0.633 bits per heavy atom. The van der Waals surface area contributed by atoms with Crippen molar-refractivity contribution >= 4 is 62.2 Å². The number of halogens is 1. The number of amides is 1. The lowest BCUT2D eigenvalue weighted by Crippen LogP contribution is -2.47. The predicted octanol–water partition coefficient (Wildman–Crippen LogP) is 16.1. The Bertz CT molecular complexity index is 2140. The summed E-state index contributed by atoms with van der Waals surface area (Å²) in [5.74, 6) is -2.28. The van der Waals surface area contributed by atoms with Gasteiger partial charge in [0, 0.05) is 56.7 Å². The van der Waals surface area contributed by atoms with Crippen LogP contribution < -0.4 is 0 Å². The summed E-state index contributed by atoms with van der Waals surface area (Å²) < 4.78 is 25.7. The molecule has 12 nitrogen and oxygen atoms in total. The zero-order valence-electron chi connectivity index (χ0n) is 50.0.